The van der Waals surface area contributed by atoms with Gasteiger partial charge in [0.1, 0.15) is 11.7 Å². The van der Waals surface area contributed by atoms with Gasteiger partial charge < -0.3 is 5.41 Å². The van der Waals surface area contributed by atoms with Gasteiger partial charge in [-0.15, -0.1) is 11.6 Å². The molecule has 0 fully saturated rings. The Balaban J connectivity index is 4.47. The molecule has 1 N–H and O–H groups in total. The van der Waals surface area contributed by atoms with E-state index in [4.69, 9.17) is 17.0 Å². The molecular weight excluding hydrogens is 166 g/mol. The molecule has 0 aromatic rings. The molecule has 0 bridgehead atoms. The lowest BCUT2D eigenvalue weighted by molar-refractivity contribution is -0.127. The number of rotatable bonds is 4. The van der Waals surface area contributed by atoms with Gasteiger partial charge in [-0.2, -0.15) is 0 Å². The van der Waals surface area contributed by atoms with Crippen LogP contribution in [0.5, 0.6) is 0 Å². The highest BCUT2D eigenvalue weighted by Crippen LogP contribution is 2.03. The van der Waals surface area contributed by atoms with Crippen LogP contribution in [-0.2, 0) is 9.59 Å². The van der Waals surface area contributed by atoms with Gasteiger partial charge in [-0.25, -0.2) is 0 Å². The fourth-order valence-corrected chi connectivity index (χ4v) is 1.00. The smallest absolute Gasteiger partial charge is 0.163 e. The summed E-state index contributed by atoms with van der Waals surface area (Å²) in [7, 11) is 0. The summed E-state index contributed by atoms with van der Waals surface area (Å²) in [6.07, 6.45) is 0. The Morgan fingerprint density at radius 1 is 1.45 bits per heavy atom. The largest absolute Gasteiger partial charge is 0.309 e. The Morgan fingerprint density at radius 2 is 1.91 bits per heavy atom. The average Bonchev–Trinajstić information content (AvgIpc) is 1.85. The minimum atomic E-state index is -0.924. The number of hydrogen-bond donors (Lipinski definition) is 1. The van der Waals surface area contributed by atoms with Gasteiger partial charge in [0.05, 0.1) is 5.88 Å². The Morgan fingerprint density at radius 3 is 2.00 bits per heavy atom. The van der Waals surface area contributed by atoms with E-state index in [2.05, 4.69) is 0 Å². The van der Waals surface area contributed by atoms with E-state index in [9.17, 15) is 9.59 Å². The van der Waals surface area contributed by atoms with Crippen molar-refractivity contribution in [3.05, 3.63) is 0 Å². The molecule has 0 saturated heterocycles. The molecule has 0 aromatic carbocycles. The van der Waals surface area contributed by atoms with Crippen molar-refractivity contribution in [3.63, 3.8) is 0 Å². The van der Waals surface area contributed by atoms with Crippen LogP contribution in [0.2, 0.25) is 0 Å². The van der Waals surface area contributed by atoms with Crippen LogP contribution in [-0.4, -0.2) is 23.2 Å². The molecule has 0 spiro atoms. The normalized spacial score (nSPS) is 12.3. The number of Topliss-reactive ketones (excluding diaryl/α,β-unsaturated/α-hetero) is 2. The zero-order valence-corrected chi connectivity index (χ0v) is 7.23. The Labute approximate surface area is 70.2 Å². The summed E-state index contributed by atoms with van der Waals surface area (Å²) in [6.45, 7) is 2.71. The monoisotopic (exact) mass is 175 g/mol. The summed E-state index contributed by atoms with van der Waals surface area (Å²) in [4.78, 5) is 21.7. The highest BCUT2D eigenvalue weighted by atomic mass is 35.5. The van der Waals surface area contributed by atoms with Crippen molar-refractivity contribution in [2.45, 2.75) is 13.8 Å². The van der Waals surface area contributed by atoms with Gasteiger partial charge in [0, 0.05) is 5.71 Å². The Kier molecular flexibility index (Phi) is 3.97. The van der Waals surface area contributed by atoms with Crippen molar-refractivity contribution in [2.75, 3.05) is 5.88 Å². The zero-order valence-electron chi connectivity index (χ0n) is 6.48. The van der Waals surface area contributed by atoms with E-state index < -0.39 is 11.7 Å². The number of alkyl halides is 1. The van der Waals surface area contributed by atoms with Gasteiger partial charge in [0.25, 0.3) is 0 Å². The van der Waals surface area contributed by atoms with Crippen LogP contribution >= 0.6 is 11.6 Å². The summed E-state index contributed by atoms with van der Waals surface area (Å²) in [5.41, 5.74) is 0.0585. The second-order valence-corrected chi connectivity index (χ2v) is 2.59. The first kappa shape index (κ1) is 10.3. The lowest BCUT2D eigenvalue weighted by Gasteiger charge is -2.07. The lowest BCUT2D eigenvalue weighted by atomic mass is 9.96. The van der Waals surface area contributed by atoms with E-state index in [1.807, 2.05) is 0 Å². The topological polar surface area (TPSA) is 58.0 Å². The second kappa shape index (κ2) is 4.23. The van der Waals surface area contributed by atoms with Gasteiger partial charge in [0.15, 0.2) is 5.78 Å². The molecule has 0 saturated carbocycles. The van der Waals surface area contributed by atoms with Crippen molar-refractivity contribution in [2.24, 2.45) is 5.92 Å². The van der Waals surface area contributed by atoms with Gasteiger partial charge in [-0.1, -0.05) is 0 Å². The predicted molar refractivity (Wildman–Crippen MR) is 43.3 cm³/mol. The van der Waals surface area contributed by atoms with Crippen LogP contribution < -0.4 is 0 Å². The fourth-order valence-electron chi connectivity index (χ4n) is 0.850. The standard InChI is InChI=1S/C7H10ClNO2/c1-4(9)7(5(2)10)6(11)3-8/h7,9H,3H2,1-2H3. The van der Waals surface area contributed by atoms with E-state index in [0.717, 1.165) is 0 Å². The van der Waals surface area contributed by atoms with Crippen molar-refractivity contribution >= 4 is 28.9 Å². The van der Waals surface area contributed by atoms with E-state index in [-0.39, 0.29) is 17.4 Å². The van der Waals surface area contributed by atoms with Gasteiger partial charge >= 0.3 is 0 Å². The minimum absolute atomic E-state index is 0.0585. The summed E-state index contributed by atoms with van der Waals surface area (Å²) >= 11 is 5.24. The number of nitrogens with one attached hydrogen (secondary N) is 1. The van der Waals surface area contributed by atoms with Crippen LogP contribution in [0.15, 0.2) is 0 Å². The molecule has 1 unspecified atom stereocenters. The predicted octanol–water partition coefficient (Wildman–Crippen LogP) is 1.04. The number of halogens is 1. The molecule has 0 aromatic heterocycles. The highest BCUT2D eigenvalue weighted by Gasteiger charge is 2.23. The quantitative estimate of drug-likeness (QED) is 0.394. The van der Waals surface area contributed by atoms with E-state index in [1.165, 1.54) is 13.8 Å². The first-order valence-corrected chi connectivity index (χ1v) is 3.68. The van der Waals surface area contributed by atoms with E-state index in [0.29, 0.717) is 0 Å². The maximum absolute atomic E-state index is 10.9. The molecule has 0 heterocycles. The first-order chi connectivity index (χ1) is 5.00. The fraction of sp³-hybridized carbons (Fsp3) is 0.571. The highest BCUT2D eigenvalue weighted by molar-refractivity contribution is 6.33. The van der Waals surface area contributed by atoms with Crippen LogP contribution in [0.25, 0.3) is 0 Å². The maximum Gasteiger partial charge on any atom is 0.163 e. The Hall–Kier alpha value is -0.700. The van der Waals surface area contributed by atoms with Crippen molar-refractivity contribution in [3.8, 4) is 0 Å². The molecule has 0 aliphatic carbocycles. The van der Waals surface area contributed by atoms with E-state index >= 15 is 0 Å². The van der Waals surface area contributed by atoms with Crippen LogP contribution in [0.3, 0.4) is 0 Å². The van der Waals surface area contributed by atoms with Crippen molar-refractivity contribution in [1.82, 2.24) is 0 Å². The lowest BCUT2D eigenvalue weighted by Crippen LogP contribution is -2.29. The molecule has 0 aliphatic rings. The third kappa shape index (κ3) is 2.80. The van der Waals surface area contributed by atoms with Crippen LogP contribution in [0.4, 0.5) is 0 Å². The molecule has 3 nitrogen and oxygen atoms in total. The van der Waals surface area contributed by atoms with Gasteiger partial charge in [0.2, 0.25) is 0 Å². The molecule has 0 aliphatic heterocycles. The SMILES string of the molecule is CC(=N)C(C(C)=O)C(=O)CCl. The molecule has 0 amide bonds. The molecule has 1 atom stereocenters. The van der Waals surface area contributed by atoms with Crippen LogP contribution in [0, 0.1) is 11.3 Å². The first-order valence-electron chi connectivity index (χ1n) is 3.15. The number of carbonyl (C=O) groups is 2. The maximum atomic E-state index is 10.9. The number of hydrogen-bond acceptors (Lipinski definition) is 3. The molecule has 62 valence electrons. The average molecular weight is 176 g/mol. The summed E-state index contributed by atoms with van der Waals surface area (Å²) in [6, 6.07) is 0. The van der Waals surface area contributed by atoms with Crippen molar-refractivity contribution < 1.29 is 9.59 Å². The summed E-state index contributed by atoms with van der Waals surface area (Å²) in [5, 5.41) is 7.12. The van der Waals surface area contributed by atoms with Gasteiger partial charge in [-0.3, -0.25) is 9.59 Å². The summed E-state index contributed by atoms with van der Waals surface area (Å²) < 4.78 is 0. The summed E-state index contributed by atoms with van der Waals surface area (Å²) in [5.74, 6) is -1.84. The zero-order chi connectivity index (χ0) is 9.02. The molecule has 4 heteroatoms. The molecular formula is C7H10ClNO2. The molecule has 0 rings (SSSR count). The number of ketones is 2. The third-order valence-corrected chi connectivity index (χ3v) is 1.56. The van der Waals surface area contributed by atoms with E-state index in [1.54, 1.807) is 0 Å². The second-order valence-electron chi connectivity index (χ2n) is 2.33. The molecule has 11 heavy (non-hydrogen) atoms. The van der Waals surface area contributed by atoms with Crippen molar-refractivity contribution in [1.29, 1.82) is 5.41 Å². The number of carbonyl (C=O) groups excluding carboxylic acids is 2. The molecule has 0 radical (unpaired) electrons. The van der Waals surface area contributed by atoms with Gasteiger partial charge in [-0.05, 0) is 13.8 Å². The minimum Gasteiger partial charge on any atom is -0.309 e. The third-order valence-electron chi connectivity index (χ3n) is 1.29. The van der Waals surface area contributed by atoms with Crippen LogP contribution in [0.1, 0.15) is 13.8 Å². The Bertz CT molecular complexity index is 187.